The van der Waals surface area contributed by atoms with E-state index in [1.54, 1.807) is 19.3 Å². The van der Waals surface area contributed by atoms with Crippen LogP contribution in [0.5, 0.6) is 0 Å². The molecule has 0 aliphatic carbocycles. The first kappa shape index (κ1) is 13.1. The maximum absolute atomic E-state index is 11.7. The number of rotatable bonds is 2. The molecule has 100 valence electrons. The van der Waals surface area contributed by atoms with Crippen molar-refractivity contribution in [1.29, 1.82) is 5.26 Å². The van der Waals surface area contributed by atoms with E-state index >= 15 is 0 Å². The fourth-order valence-corrected chi connectivity index (χ4v) is 2.40. The van der Waals surface area contributed by atoms with Gasteiger partial charge in [-0.1, -0.05) is 0 Å². The molecule has 2 heterocycles. The van der Waals surface area contributed by atoms with Gasteiger partial charge < -0.3 is 16.0 Å². The zero-order valence-corrected chi connectivity index (χ0v) is 10.9. The topological polar surface area (TPSA) is 95.0 Å². The highest BCUT2D eigenvalue weighted by atomic mass is 16.1. The minimum absolute atomic E-state index is 0.0414. The molecular weight excluding hydrogens is 242 g/mol. The second-order valence-corrected chi connectivity index (χ2v) is 4.61. The summed E-state index contributed by atoms with van der Waals surface area (Å²) in [5.41, 5.74) is 6.77. The molecule has 1 aliphatic heterocycles. The quantitative estimate of drug-likeness (QED) is 0.806. The van der Waals surface area contributed by atoms with Crippen molar-refractivity contribution in [2.24, 2.45) is 5.92 Å². The number of carbonyl (C=O) groups is 1. The second kappa shape index (κ2) is 5.57. The lowest BCUT2D eigenvalue weighted by molar-refractivity contribution is -0.124. The maximum atomic E-state index is 11.7. The monoisotopic (exact) mass is 259 g/mol. The molecule has 1 saturated heterocycles. The number of amides is 1. The number of hydrogen-bond donors (Lipinski definition) is 2. The highest BCUT2D eigenvalue weighted by Crippen LogP contribution is 2.28. The van der Waals surface area contributed by atoms with Gasteiger partial charge in [-0.2, -0.15) is 5.26 Å². The number of aromatic nitrogens is 1. The summed E-state index contributed by atoms with van der Waals surface area (Å²) in [5, 5.41) is 11.7. The van der Waals surface area contributed by atoms with Gasteiger partial charge >= 0.3 is 0 Å². The van der Waals surface area contributed by atoms with E-state index in [1.807, 2.05) is 11.0 Å². The highest BCUT2D eigenvalue weighted by molar-refractivity contribution is 5.79. The molecule has 1 unspecified atom stereocenters. The summed E-state index contributed by atoms with van der Waals surface area (Å²) >= 11 is 0. The Labute approximate surface area is 112 Å². The van der Waals surface area contributed by atoms with E-state index in [0.29, 0.717) is 23.6 Å². The van der Waals surface area contributed by atoms with E-state index in [0.717, 1.165) is 19.4 Å². The van der Waals surface area contributed by atoms with E-state index in [4.69, 9.17) is 11.0 Å². The van der Waals surface area contributed by atoms with Crippen molar-refractivity contribution < 1.29 is 4.79 Å². The van der Waals surface area contributed by atoms with Crippen molar-refractivity contribution in [3.63, 3.8) is 0 Å². The Morgan fingerprint density at radius 1 is 1.68 bits per heavy atom. The minimum Gasteiger partial charge on any atom is -0.395 e. The van der Waals surface area contributed by atoms with Crippen LogP contribution in [0.25, 0.3) is 0 Å². The first-order valence-corrected chi connectivity index (χ1v) is 6.28. The average Bonchev–Trinajstić information content (AvgIpc) is 2.46. The molecule has 1 aromatic rings. The molecule has 6 heteroatoms. The minimum atomic E-state index is -0.0503. The molecule has 0 spiro atoms. The molecule has 1 fully saturated rings. The summed E-state index contributed by atoms with van der Waals surface area (Å²) in [5.74, 6) is 0.595. The van der Waals surface area contributed by atoms with Gasteiger partial charge in [-0.3, -0.25) is 4.79 Å². The summed E-state index contributed by atoms with van der Waals surface area (Å²) in [6, 6.07) is 3.65. The van der Waals surface area contributed by atoms with Crippen LogP contribution < -0.4 is 16.0 Å². The molecule has 3 N–H and O–H groups in total. The van der Waals surface area contributed by atoms with Crippen LogP contribution in [0.15, 0.2) is 12.3 Å². The lowest BCUT2D eigenvalue weighted by Gasteiger charge is -2.33. The smallest absolute Gasteiger partial charge is 0.224 e. The molecule has 0 radical (unpaired) electrons. The normalized spacial score (nSPS) is 18.7. The van der Waals surface area contributed by atoms with Crippen LogP contribution in [0, 0.1) is 17.2 Å². The van der Waals surface area contributed by atoms with Crippen LogP contribution in [-0.2, 0) is 4.79 Å². The summed E-state index contributed by atoms with van der Waals surface area (Å²) < 4.78 is 0. The van der Waals surface area contributed by atoms with Crippen molar-refractivity contribution in [2.45, 2.75) is 12.8 Å². The predicted molar refractivity (Wildman–Crippen MR) is 72.4 cm³/mol. The van der Waals surface area contributed by atoms with E-state index < -0.39 is 0 Å². The summed E-state index contributed by atoms with van der Waals surface area (Å²) in [7, 11) is 1.64. The number of anilines is 2. The van der Waals surface area contributed by atoms with E-state index in [-0.39, 0.29) is 11.8 Å². The molecule has 1 atom stereocenters. The fraction of sp³-hybridized carbons (Fsp3) is 0.462. The Bertz CT molecular complexity index is 522. The number of piperidine rings is 1. The van der Waals surface area contributed by atoms with Gasteiger partial charge in [0.15, 0.2) is 5.82 Å². The molecule has 1 amide bonds. The molecule has 1 aromatic heterocycles. The van der Waals surface area contributed by atoms with Gasteiger partial charge in [-0.25, -0.2) is 4.98 Å². The van der Waals surface area contributed by atoms with E-state index in [1.165, 1.54) is 0 Å². The van der Waals surface area contributed by atoms with Gasteiger partial charge in [0.05, 0.1) is 17.2 Å². The Balaban J connectivity index is 2.23. The second-order valence-electron chi connectivity index (χ2n) is 4.61. The molecule has 0 bridgehead atoms. The number of nitrogen functional groups attached to an aromatic ring is 1. The van der Waals surface area contributed by atoms with Crippen molar-refractivity contribution in [3.05, 3.63) is 17.8 Å². The van der Waals surface area contributed by atoms with Gasteiger partial charge in [0.25, 0.3) is 0 Å². The Kier molecular flexibility index (Phi) is 3.85. The number of hydrogen-bond acceptors (Lipinski definition) is 5. The molecule has 1 aliphatic rings. The number of nitrogens with two attached hydrogens (primary N) is 1. The van der Waals surface area contributed by atoms with Gasteiger partial charge in [0, 0.05) is 26.3 Å². The van der Waals surface area contributed by atoms with Crippen LogP contribution in [0.1, 0.15) is 18.4 Å². The number of nitrogens with zero attached hydrogens (tertiary/aromatic N) is 3. The van der Waals surface area contributed by atoms with Gasteiger partial charge in [-0.05, 0) is 18.9 Å². The summed E-state index contributed by atoms with van der Waals surface area (Å²) in [6.45, 7) is 1.39. The third-order valence-corrected chi connectivity index (χ3v) is 3.43. The lowest BCUT2D eigenvalue weighted by Crippen LogP contribution is -2.42. The standard InChI is InChI=1S/C13H17N5O/c1-16-13(19)10-3-2-6-18(8-10)12-11(15)9(7-14)4-5-17-12/h4-5,10H,2-3,6,8,15H2,1H3,(H,16,19). The van der Waals surface area contributed by atoms with Crippen molar-refractivity contribution >= 4 is 17.4 Å². The van der Waals surface area contributed by atoms with Gasteiger partial charge in [0.2, 0.25) is 5.91 Å². The van der Waals surface area contributed by atoms with Crippen LogP contribution in [0.4, 0.5) is 11.5 Å². The fourth-order valence-electron chi connectivity index (χ4n) is 2.40. The van der Waals surface area contributed by atoms with Crippen molar-refractivity contribution in [1.82, 2.24) is 10.3 Å². The molecule has 0 saturated carbocycles. The largest absolute Gasteiger partial charge is 0.395 e. The lowest BCUT2D eigenvalue weighted by atomic mass is 9.97. The van der Waals surface area contributed by atoms with Crippen LogP contribution in [0.3, 0.4) is 0 Å². The van der Waals surface area contributed by atoms with Gasteiger partial charge in [-0.15, -0.1) is 0 Å². The number of nitriles is 1. The predicted octanol–water partition coefficient (Wildman–Crippen LogP) is 0.498. The Morgan fingerprint density at radius 3 is 3.16 bits per heavy atom. The first-order chi connectivity index (χ1) is 9.17. The molecule has 0 aromatic carbocycles. The van der Waals surface area contributed by atoms with Crippen LogP contribution in [-0.4, -0.2) is 31.0 Å². The van der Waals surface area contributed by atoms with E-state index in [2.05, 4.69) is 10.3 Å². The molecular formula is C13H17N5O. The summed E-state index contributed by atoms with van der Waals surface area (Å²) in [4.78, 5) is 17.9. The van der Waals surface area contributed by atoms with Crippen molar-refractivity contribution in [3.8, 4) is 6.07 Å². The Morgan fingerprint density at radius 2 is 2.47 bits per heavy atom. The summed E-state index contributed by atoms with van der Waals surface area (Å²) in [6.07, 6.45) is 3.36. The first-order valence-electron chi connectivity index (χ1n) is 6.28. The number of nitrogens with one attached hydrogen (secondary N) is 1. The number of carbonyl (C=O) groups excluding carboxylic acids is 1. The van der Waals surface area contributed by atoms with Crippen LogP contribution >= 0.6 is 0 Å². The highest BCUT2D eigenvalue weighted by Gasteiger charge is 2.27. The average molecular weight is 259 g/mol. The van der Waals surface area contributed by atoms with Gasteiger partial charge in [0.1, 0.15) is 6.07 Å². The maximum Gasteiger partial charge on any atom is 0.224 e. The zero-order chi connectivity index (χ0) is 13.8. The van der Waals surface area contributed by atoms with Crippen LogP contribution in [0.2, 0.25) is 0 Å². The zero-order valence-electron chi connectivity index (χ0n) is 10.9. The third kappa shape index (κ3) is 2.60. The Hall–Kier alpha value is -2.29. The van der Waals surface area contributed by atoms with E-state index in [9.17, 15) is 4.79 Å². The molecule has 2 rings (SSSR count). The molecule has 19 heavy (non-hydrogen) atoms. The number of pyridine rings is 1. The third-order valence-electron chi connectivity index (χ3n) is 3.43. The molecule has 6 nitrogen and oxygen atoms in total. The van der Waals surface area contributed by atoms with Crippen molar-refractivity contribution in [2.75, 3.05) is 30.8 Å². The SMILES string of the molecule is CNC(=O)C1CCCN(c2nccc(C#N)c2N)C1.